The number of carbonyl (C=O) groups is 8. The molecule has 5 amide bonds. The maximum absolute atomic E-state index is 13.8. The van der Waals surface area contributed by atoms with Gasteiger partial charge in [0.15, 0.2) is 0 Å². The number of hydrogen-bond acceptors (Lipinski definition) is 12. The molecule has 9 atom stereocenters. The Morgan fingerprint density at radius 2 is 1.51 bits per heavy atom. The topological polar surface area (TPSA) is 212 Å². The number of ether oxygens (including phenoxy) is 2. The number of hydrogen-bond donors (Lipinski definition) is 3. The second-order valence-electron chi connectivity index (χ2n) is 18.9. The zero-order valence-corrected chi connectivity index (χ0v) is 43.4. The van der Waals surface area contributed by atoms with Crippen molar-refractivity contribution < 1.29 is 57.3 Å². The van der Waals surface area contributed by atoms with Gasteiger partial charge in [0.2, 0.25) is 17.7 Å². The average molecular weight is 975 g/mol. The fourth-order valence-corrected chi connectivity index (χ4v) is 8.87. The van der Waals surface area contributed by atoms with Crippen molar-refractivity contribution in [1.82, 2.24) is 30.2 Å². The summed E-state index contributed by atoms with van der Waals surface area (Å²) in [5.41, 5.74) is 0.256. The van der Waals surface area contributed by atoms with Crippen LogP contribution in [0.1, 0.15) is 105 Å². The van der Waals surface area contributed by atoms with Crippen LogP contribution in [0.5, 0.6) is 0 Å². The molecule has 2 aliphatic rings. The molecule has 0 radical (unpaired) electrons. The molecule has 1 saturated heterocycles. The molecular formula is C51H83FN6O11. The highest BCUT2D eigenvalue weighted by molar-refractivity contribution is 6.12. The lowest BCUT2D eigenvalue weighted by Crippen LogP contribution is -2.59. The first-order valence-electron chi connectivity index (χ1n) is 24.2. The second-order valence-corrected chi connectivity index (χ2v) is 18.9. The molecular weight excluding hydrogens is 892 g/mol. The monoisotopic (exact) mass is 975 g/mol. The lowest BCUT2D eigenvalue weighted by Gasteiger charge is -2.40. The third-order valence-electron chi connectivity index (χ3n) is 13.0. The first kappa shape index (κ1) is 62.1. The third-order valence-corrected chi connectivity index (χ3v) is 13.0. The normalized spacial score (nSPS) is 18.2. The Hall–Kier alpha value is -4.91. The number of amides is 5. The van der Waals surface area contributed by atoms with Crippen LogP contribution in [-0.4, -0.2) is 171 Å². The molecule has 0 aliphatic carbocycles. The summed E-state index contributed by atoms with van der Waals surface area (Å²) in [6.07, 6.45) is 9.52. The van der Waals surface area contributed by atoms with Gasteiger partial charge < -0.3 is 44.6 Å². The number of rotatable bonds is 27. The van der Waals surface area contributed by atoms with Crippen molar-refractivity contribution in [2.75, 3.05) is 55.5 Å². The number of aldehydes is 2. The predicted octanol–water partition coefficient (Wildman–Crippen LogP) is 4.54. The Morgan fingerprint density at radius 1 is 0.884 bits per heavy atom. The standard InChI is InChI=1S/C22H43N3O4.C19H27FN2O4.C10H13NO3/c1-11-16(6)20(17(29-10)12-13-26)25(9)22(28)18(14(2)3)23-21(27)19(15(4)5)24(7)8;1-12(17(26-3)16-9-6-10-22(16)2)18(23)21-15(19(24)25)11-13-7-4-5-8-14(13)20;12-8-4-2-1-3-7-11-9(13)5-6-10(11)14/h13-20H,11-12H2,1-10H3,(H,23,27);4-5,7-8,12,15-17H,6,9-11H2,1-3H3,(H,21,23)(H,24,25);5-6,8H,1-4,7H2/t16?,17?,18-,19?,20?;;/m0../s1. The van der Waals surface area contributed by atoms with E-state index >= 15 is 0 Å². The summed E-state index contributed by atoms with van der Waals surface area (Å²) in [7, 11) is 10.6. The van der Waals surface area contributed by atoms with Crippen molar-refractivity contribution >= 4 is 48.1 Å². The van der Waals surface area contributed by atoms with Crippen molar-refractivity contribution in [3.05, 3.63) is 47.8 Å². The average Bonchev–Trinajstić information content (AvgIpc) is 3.87. The zero-order valence-electron chi connectivity index (χ0n) is 43.4. The Labute approximate surface area is 410 Å². The zero-order chi connectivity index (χ0) is 52.5. The largest absolute Gasteiger partial charge is 0.480 e. The van der Waals surface area contributed by atoms with Crippen LogP contribution in [0.4, 0.5) is 4.39 Å². The second kappa shape index (κ2) is 32.1. The van der Waals surface area contributed by atoms with Gasteiger partial charge in [-0.2, -0.15) is 0 Å². The Morgan fingerprint density at radius 3 is 1.97 bits per heavy atom. The molecule has 3 N–H and O–H groups in total. The molecule has 0 spiro atoms. The molecule has 1 fully saturated rings. The molecule has 0 saturated carbocycles. The van der Waals surface area contributed by atoms with E-state index in [2.05, 4.69) is 29.4 Å². The lowest BCUT2D eigenvalue weighted by molar-refractivity contribution is -0.144. The third kappa shape index (κ3) is 19.8. The number of aliphatic carboxylic acids is 1. The van der Waals surface area contributed by atoms with Crippen LogP contribution < -0.4 is 10.6 Å². The summed E-state index contributed by atoms with van der Waals surface area (Å²) in [5.74, 6) is -3.19. The van der Waals surface area contributed by atoms with Gasteiger partial charge in [-0.25, -0.2) is 9.18 Å². The number of benzene rings is 1. The molecule has 0 bridgehead atoms. The van der Waals surface area contributed by atoms with Crippen LogP contribution in [-0.2, 0) is 54.3 Å². The minimum atomic E-state index is -1.19. The van der Waals surface area contributed by atoms with Gasteiger partial charge in [0.25, 0.3) is 11.8 Å². The summed E-state index contributed by atoms with van der Waals surface area (Å²) in [5, 5.41) is 14.9. The SMILES string of the molecule is CCC(C)C(C(CC=O)OC)N(C)C(=O)[C@@H](NC(=O)C(C(C)C)N(C)C)C(C)C.COC(C(C)C(=O)NC(Cc1ccccc1F)C(=O)O)C1CCCN1C.O=CCCCCCN1C(=O)C=CC1=O. The van der Waals surface area contributed by atoms with E-state index in [1.165, 1.54) is 35.3 Å². The highest BCUT2D eigenvalue weighted by Crippen LogP contribution is 2.26. The van der Waals surface area contributed by atoms with E-state index in [4.69, 9.17) is 9.47 Å². The number of nitrogens with one attached hydrogen (secondary N) is 2. The number of carboxylic acid groups (broad SMARTS) is 1. The number of nitrogens with zero attached hydrogens (tertiary/aromatic N) is 4. The molecule has 1 aromatic rings. The minimum Gasteiger partial charge on any atom is -0.480 e. The maximum Gasteiger partial charge on any atom is 0.326 e. The Kier molecular flexibility index (Phi) is 28.9. The molecule has 69 heavy (non-hydrogen) atoms. The van der Waals surface area contributed by atoms with Crippen molar-refractivity contribution in [2.45, 2.75) is 149 Å². The smallest absolute Gasteiger partial charge is 0.326 e. The van der Waals surface area contributed by atoms with Crippen LogP contribution in [0.25, 0.3) is 0 Å². The highest BCUT2D eigenvalue weighted by Gasteiger charge is 2.39. The molecule has 1 aromatic carbocycles. The maximum atomic E-state index is 13.8. The van der Waals surface area contributed by atoms with E-state index in [-0.39, 0.29) is 90.1 Å². The molecule has 390 valence electrons. The quantitative estimate of drug-likeness (QED) is 0.0629. The first-order valence-corrected chi connectivity index (χ1v) is 24.2. The summed E-state index contributed by atoms with van der Waals surface area (Å²) >= 11 is 0. The van der Waals surface area contributed by atoms with Gasteiger partial charge in [-0.1, -0.05) is 79.5 Å². The van der Waals surface area contributed by atoms with Crippen LogP contribution in [0.3, 0.4) is 0 Å². The van der Waals surface area contributed by atoms with Crippen molar-refractivity contribution in [1.29, 1.82) is 0 Å². The molecule has 0 aromatic heterocycles. The number of imide groups is 1. The summed E-state index contributed by atoms with van der Waals surface area (Å²) in [6, 6.07) is 3.68. The molecule has 8 unspecified atom stereocenters. The molecule has 3 rings (SSSR count). The van der Waals surface area contributed by atoms with E-state index < -0.39 is 35.7 Å². The number of carbonyl (C=O) groups excluding carboxylic acids is 7. The van der Waals surface area contributed by atoms with Gasteiger partial charge >= 0.3 is 5.97 Å². The van der Waals surface area contributed by atoms with Gasteiger partial charge in [0, 0.05) is 65.3 Å². The van der Waals surface area contributed by atoms with Gasteiger partial charge in [0.1, 0.15) is 30.5 Å². The van der Waals surface area contributed by atoms with Crippen molar-refractivity contribution in [3.63, 3.8) is 0 Å². The van der Waals surface area contributed by atoms with Gasteiger partial charge in [-0.05, 0) is 82.8 Å². The molecule has 2 heterocycles. The minimum absolute atomic E-state index is 0.0754. The summed E-state index contributed by atoms with van der Waals surface area (Å²) in [4.78, 5) is 101. The Balaban J connectivity index is 0.000000546. The number of methoxy groups -OCH3 is 2. The molecule has 17 nitrogen and oxygen atoms in total. The fraction of sp³-hybridized carbons (Fsp3) is 0.686. The number of halogens is 1. The number of unbranched alkanes of at least 4 members (excludes halogenated alkanes) is 3. The highest BCUT2D eigenvalue weighted by atomic mass is 19.1. The number of likely N-dealkylation sites (tertiary alicyclic amines) is 1. The van der Waals surface area contributed by atoms with Crippen molar-refractivity contribution in [2.24, 2.45) is 23.7 Å². The first-order chi connectivity index (χ1) is 32.5. The molecule has 2 aliphatic heterocycles. The van der Waals surface area contributed by atoms with E-state index in [0.717, 1.165) is 57.6 Å². The van der Waals surface area contributed by atoms with E-state index in [0.29, 0.717) is 13.0 Å². The van der Waals surface area contributed by atoms with Crippen LogP contribution in [0.15, 0.2) is 36.4 Å². The van der Waals surface area contributed by atoms with Crippen molar-refractivity contribution in [3.8, 4) is 0 Å². The van der Waals surface area contributed by atoms with Gasteiger partial charge in [0.05, 0.1) is 30.2 Å². The van der Waals surface area contributed by atoms with Gasteiger partial charge in [-0.3, -0.25) is 33.8 Å². The van der Waals surface area contributed by atoms with Crippen LogP contribution in [0.2, 0.25) is 0 Å². The van der Waals surface area contributed by atoms with Crippen LogP contribution >= 0.6 is 0 Å². The van der Waals surface area contributed by atoms with Crippen LogP contribution in [0, 0.1) is 29.5 Å². The van der Waals surface area contributed by atoms with E-state index in [1.54, 1.807) is 39.2 Å². The number of carboxylic acids is 1. The summed E-state index contributed by atoms with van der Waals surface area (Å²) < 4.78 is 24.9. The van der Waals surface area contributed by atoms with E-state index in [1.807, 2.05) is 53.7 Å². The Bertz CT molecular complexity index is 1800. The molecule has 18 heteroatoms. The summed E-state index contributed by atoms with van der Waals surface area (Å²) in [6.45, 7) is 15.1. The van der Waals surface area contributed by atoms with Gasteiger partial charge in [-0.15, -0.1) is 0 Å². The predicted molar refractivity (Wildman–Crippen MR) is 262 cm³/mol. The lowest BCUT2D eigenvalue weighted by atomic mass is 9.90. The van der Waals surface area contributed by atoms with E-state index in [9.17, 15) is 47.9 Å². The number of likely N-dealkylation sites (N-methyl/N-ethyl adjacent to an activating group) is 3. The fourth-order valence-electron chi connectivity index (χ4n) is 8.87.